The minimum absolute atomic E-state index is 0.0431. The Hall–Kier alpha value is -3.73. The first-order chi connectivity index (χ1) is 16.6. The largest absolute Gasteiger partial charge is 0.497 e. The molecule has 3 aromatic carbocycles. The van der Waals surface area contributed by atoms with E-state index in [9.17, 15) is 9.59 Å². The Morgan fingerprint density at radius 1 is 0.941 bits per heavy atom. The van der Waals surface area contributed by atoms with E-state index in [-0.39, 0.29) is 18.8 Å². The van der Waals surface area contributed by atoms with Crippen LogP contribution in [0.2, 0.25) is 0 Å². The smallest absolute Gasteiger partial charge is 0.335 e. The van der Waals surface area contributed by atoms with Crippen LogP contribution in [-0.2, 0) is 19.7 Å². The number of hydrogen-bond donors (Lipinski definition) is 0. The van der Waals surface area contributed by atoms with Gasteiger partial charge in [0.2, 0.25) is 0 Å². The molecule has 0 radical (unpaired) electrons. The Morgan fingerprint density at radius 3 is 2.15 bits per heavy atom. The number of Topliss-reactive ketones (excluding diaryl/α,β-unsaturated/α-hetero) is 1. The summed E-state index contributed by atoms with van der Waals surface area (Å²) >= 11 is 0. The number of fused-ring (bicyclic) bond motifs is 2. The molecule has 2 bridgehead atoms. The van der Waals surface area contributed by atoms with E-state index in [0.717, 1.165) is 16.7 Å². The van der Waals surface area contributed by atoms with Crippen LogP contribution in [0.4, 0.5) is 0 Å². The second-order valence-electron chi connectivity index (χ2n) is 8.84. The van der Waals surface area contributed by atoms with Gasteiger partial charge in [-0.15, -0.1) is 0 Å². The average Bonchev–Trinajstić information content (AvgIpc) is 3.20. The van der Waals surface area contributed by atoms with Gasteiger partial charge in [-0.1, -0.05) is 72.8 Å². The van der Waals surface area contributed by atoms with Crippen molar-refractivity contribution >= 4 is 18.0 Å². The molecule has 1 fully saturated rings. The lowest BCUT2D eigenvalue weighted by Gasteiger charge is -2.48. The number of carbonyl (C=O) groups is 2. The molecule has 1 aliphatic heterocycles. The van der Waals surface area contributed by atoms with E-state index in [1.54, 1.807) is 20.2 Å². The molecule has 0 aromatic heterocycles. The maximum Gasteiger partial charge on any atom is 0.335 e. The van der Waals surface area contributed by atoms with E-state index in [0.29, 0.717) is 5.75 Å². The Balaban J connectivity index is 1.79. The molecule has 0 unspecified atom stereocenters. The summed E-state index contributed by atoms with van der Waals surface area (Å²) in [6.45, 7) is 2.04. The molecule has 1 saturated carbocycles. The lowest BCUT2D eigenvalue weighted by molar-refractivity contribution is -0.153. The number of hydrogen-bond acceptors (Lipinski definition) is 5. The number of esters is 1. The number of carbonyl (C=O) groups excluding carboxylic acids is 2. The zero-order valence-corrected chi connectivity index (χ0v) is 19.3. The van der Waals surface area contributed by atoms with Crippen LogP contribution >= 0.6 is 0 Å². The SMILES string of the molecule is CCOC(=O)[C@]12N=C[C@](c3ccc(OC)cc3)(C(=O)C[C@@H]1c1ccccc1)[C@@H]2c1ccccc1. The second-order valence-corrected chi connectivity index (χ2v) is 8.84. The molecule has 4 atom stereocenters. The van der Waals surface area contributed by atoms with Gasteiger partial charge in [-0.3, -0.25) is 9.79 Å². The van der Waals surface area contributed by atoms with Crippen LogP contribution in [-0.4, -0.2) is 37.2 Å². The lowest BCUT2D eigenvalue weighted by Crippen LogP contribution is -2.59. The number of methoxy groups -OCH3 is 1. The molecular formula is C29H27NO4. The van der Waals surface area contributed by atoms with Crippen LogP contribution in [0.5, 0.6) is 5.75 Å². The van der Waals surface area contributed by atoms with Crippen molar-refractivity contribution in [3.8, 4) is 5.75 Å². The standard InChI is InChI=1S/C29H27NO4/c1-3-34-27(32)29-24(20-10-6-4-7-11-20)18-25(31)28(19-30-29,22-14-16-23(33-2)17-15-22)26(29)21-12-8-5-9-13-21/h4-17,19,24,26H,3,18H2,1-2H3/t24-,26+,28+,29+/m1/s1. The summed E-state index contributed by atoms with van der Waals surface area (Å²) in [5.41, 5.74) is 0.261. The highest BCUT2D eigenvalue weighted by Gasteiger charge is 2.70. The third-order valence-electron chi connectivity index (χ3n) is 7.26. The molecule has 5 nitrogen and oxygen atoms in total. The van der Waals surface area contributed by atoms with Crippen LogP contribution in [0.1, 0.15) is 41.9 Å². The summed E-state index contributed by atoms with van der Waals surface area (Å²) in [6, 6.07) is 27.0. The molecule has 2 aliphatic rings. The van der Waals surface area contributed by atoms with Gasteiger partial charge in [-0.05, 0) is 35.7 Å². The Kier molecular flexibility index (Phi) is 5.56. The van der Waals surface area contributed by atoms with Crippen molar-refractivity contribution in [1.82, 2.24) is 0 Å². The lowest BCUT2D eigenvalue weighted by atomic mass is 9.51. The number of ketones is 1. The van der Waals surface area contributed by atoms with E-state index in [1.165, 1.54) is 0 Å². The number of rotatable bonds is 6. The highest BCUT2D eigenvalue weighted by molar-refractivity contribution is 6.14. The van der Waals surface area contributed by atoms with Crippen LogP contribution in [0.15, 0.2) is 89.9 Å². The first kappa shape index (κ1) is 22.1. The zero-order valence-electron chi connectivity index (χ0n) is 19.3. The molecule has 34 heavy (non-hydrogen) atoms. The van der Waals surface area contributed by atoms with Gasteiger partial charge in [0.15, 0.2) is 5.54 Å². The molecule has 1 heterocycles. The molecule has 5 heteroatoms. The monoisotopic (exact) mass is 453 g/mol. The molecular weight excluding hydrogens is 426 g/mol. The quantitative estimate of drug-likeness (QED) is 0.500. The van der Waals surface area contributed by atoms with Crippen LogP contribution in [0.3, 0.4) is 0 Å². The summed E-state index contributed by atoms with van der Waals surface area (Å²) in [5.74, 6) is -0.623. The molecule has 5 rings (SSSR count). The predicted molar refractivity (Wildman–Crippen MR) is 131 cm³/mol. The van der Waals surface area contributed by atoms with Gasteiger partial charge in [0, 0.05) is 24.5 Å². The minimum Gasteiger partial charge on any atom is -0.497 e. The van der Waals surface area contributed by atoms with Crippen molar-refractivity contribution in [2.24, 2.45) is 4.99 Å². The fourth-order valence-electron chi connectivity index (χ4n) is 5.79. The first-order valence-corrected chi connectivity index (χ1v) is 11.6. The predicted octanol–water partition coefficient (Wildman–Crippen LogP) is 4.86. The van der Waals surface area contributed by atoms with Gasteiger partial charge in [0.1, 0.15) is 11.5 Å². The molecule has 0 N–H and O–H groups in total. The fraction of sp³-hybridized carbons (Fsp3) is 0.276. The minimum atomic E-state index is -1.26. The number of nitrogens with zero attached hydrogens (tertiary/aromatic N) is 1. The maximum absolute atomic E-state index is 14.1. The third-order valence-corrected chi connectivity index (χ3v) is 7.26. The van der Waals surface area contributed by atoms with Crippen molar-refractivity contribution in [3.63, 3.8) is 0 Å². The van der Waals surface area contributed by atoms with Crippen LogP contribution < -0.4 is 4.74 Å². The summed E-state index contributed by atoms with van der Waals surface area (Å²) < 4.78 is 11.0. The molecule has 3 aromatic rings. The topological polar surface area (TPSA) is 65.0 Å². The van der Waals surface area contributed by atoms with Crippen molar-refractivity contribution in [1.29, 1.82) is 0 Å². The molecule has 172 valence electrons. The van der Waals surface area contributed by atoms with Crippen molar-refractivity contribution in [2.45, 2.75) is 36.1 Å². The van der Waals surface area contributed by atoms with Gasteiger partial charge < -0.3 is 9.47 Å². The molecule has 0 spiro atoms. The van der Waals surface area contributed by atoms with Crippen molar-refractivity contribution < 1.29 is 19.1 Å². The first-order valence-electron chi connectivity index (χ1n) is 11.6. The summed E-state index contributed by atoms with van der Waals surface area (Å²) in [5, 5.41) is 0. The second kappa shape index (κ2) is 8.56. The van der Waals surface area contributed by atoms with E-state index >= 15 is 0 Å². The third kappa shape index (κ3) is 3.11. The Morgan fingerprint density at radius 2 is 1.56 bits per heavy atom. The summed E-state index contributed by atoms with van der Waals surface area (Å²) in [4.78, 5) is 33.0. The summed E-state index contributed by atoms with van der Waals surface area (Å²) in [6.07, 6.45) is 1.91. The van der Waals surface area contributed by atoms with E-state index < -0.39 is 28.8 Å². The summed E-state index contributed by atoms with van der Waals surface area (Å²) in [7, 11) is 1.61. The number of benzene rings is 3. The van der Waals surface area contributed by atoms with Gasteiger partial charge in [0.25, 0.3) is 0 Å². The van der Waals surface area contributed by atoms with Crippen molar-refractivity contribution in [3.05, 3.63) is 102 Å². The fourth-order valence-corrected chi connectivity index (χ4v) is 5.79. The van der Waals surface area contributed by atoms with Crippen LogP contribution in [0.25, 0.3) is 0 Å². The molecule has 0 saturated heterocycles. The van der Waals surface area contributed by atoms with E-state index in [1.807, 2.05) is 84.9 Å². The normalized spacial score (nSPS) is 27.4. The van der Waals surface area contributed by atoms with Crippen LogP contribution in [0, 0.1) is 0 Å². The van der Waals surface area contributed by atoms with Crippen molar-refractivity contribution in [2.75, 3.05) is 13.7 Å². The van der Waals surface area contributed by atoms with Gasteiger partial charge in [-0.25, -0.2) is 4.79 Å². The molecule has 1 aliphatic carbocycles. The van der Waals surface area contributed by atoms with E-state index in [2.05, 4.69) is 0 Å². The highest BCUT2D eigenvalue weighted by atomic mass is 16.5. The number of aliphatic imine (C=N–C) groups is 1. The van der Waals surface area contributed by atoms with Gasteiger partial charge in [-0.2, -0.15) is 0 Å². The van der Waals surface area contributed by atoms with Gasteiger partial charge in [0.05, 0.1) is 19.1 Å². The maximum atomic E-state index is 14.1. The van der Waals surface area contributed by atoms with Gasteiger partial charge >= 0.3 is 5.97 Å². The van der Waals surface area contributed by atoms with E-state index in [4.69, 9.17) is 14.5 Å². The highest BCUT2D eigenvalue weighted by Crippen LogP contribution is 2.61. The molecule has 0 amide bonds. The zero-order chi connectivity index (χ0) is 23.8. The Labute approximate surface area is 199 Å². The average molecular weight is 454 g/mol. The Bertz CT molecular complexity index is 1220. The number of ether oxygens (including phenoxy) is 2.